The molecule has 0 aromatic heterocycles. The maximum Gasteiger partial charge on any atom is 0.191 e. The quantitative estimate of drug-likeness (QED) is 0.329. The van der Waals surface area contributed by atoms with Crippen molar-refractivity contribution in [2.75, 3.05) is 45.9 Å². The van der Waals surface area contributed by atoms with E-state index in [0.717, 1.165) is 45.2 Å². The molecule has 2 fully saturated rings. The van der Waals surface area contributed by atoms with E-state index in [2.05, 4.69) is 60.6 Å². The fourth-order valence-electron chi connectivity index (χ4n) is 4.32. The van der Waals surface area contributed by atoms with Gasteiger partial charge in [-0.2, -0.15) is 0 Å². The van der Waals surface area contributed by atoms with Crippen molar-refractivity contribution in [2.45, 2.75) is 46.1 Å². The van der Waals surface area contributed by atoms with Gasteiger partial charge in [-0.3, -0.25) is 4.99 Å². The van der Waals surface area contributed by atoms with Gasteiger partial charge in [-0.05, 0) is 57.7 Å². The predicted octanol–water partition coefficient (Wildman–Crippen LogP) is 3.98. The van der Waals surface area contributed by atoms with E-state index < -0.39 is 0 Å². The maximum atomic E-state index is 6.17. The van der Waals surface area contributed by atoms with Crippen molar-refractivity contribution in [2.24, 2.45) is 16.8 Å². The van der Waals surface area contributed by atoms with Gasteiger partial charge in [0.15, 0.2) is 5.96 Å². The van der Waals surface area contributed by atoms with Gasteiger partial charge in [0.2, 0.25) is 0 Å². The third-order valence-electron chi connectivity index (χ3n) is 6.05. The fraction of sp³-hybridized carbons (Fsp3) is 0.696. The van der Waals surface area contributed by atoms with Crippen molar-refractivity contribution in [3.63, 3.8) is 0 Å². The molecule has 164 valence electrons. The summed E-state index contributed by atoms with van der Waals surface area (Å²) in [5, 5.41) is 7.01. The van der Waals surface area contributed by atoms with Gasteiger partial charge < -0.3 is 20.3 Å². The summed E-state index contributed by atoms with van der Waals surface area (Å²) in [4.78, 5) is 7.40. The lowest BCUT2D eigenvalue weighted by molar-refractivity contribution is -0.0265. The number of aliphatic imine (C=N–C) groups is 1. The Balaban J connectivity index is 0.00000300. The summed E-state index contributed by atoms with van der Waals surface area (Å²) in [5.74, 6) is 2.11. The molecule has 2 heterocycles. The van der Waals surface area contributed by atoms with Crippen LogP contribution in [0.1, 0.15) is 50.3 Å². The second-order valence-electron chi connectivity index (χ2n) is 8.25. The minimum atomic E-state index is 0. The number of likely N-dealkylation sites (tertiary alicyclic amines) is 1. The third kappa shape index (κ3) is 7.40. The van der Waals surface area contributed by atoms with Gasteiger partial charge in [-0.25, -0.2) is 0 Å². The molecule has 0 bridgehead atoms. The minimum Gasteiger partial charge on any atom is -0.373 e. The average molecular weight is 514 g/mol. The zero-order valence-electron chi connectivity index (χ0n) is 18.3. The molecule has 0 saturated carbocycles. The number of benzene rings is 1. The highest BCUT2D eigenvalue weighted by atomic mass is 127. The van der Waals surface area contributed by atoms with Gasteiger partial charge >= 0.3 is 0 Å². The average Bonchev–Trinajstić information content (AvgIpc) is 3.19. The van der Waals surface area contributed by atoms with E-state index in [1.807, 2.05) is 0 Å². The van der Waals surface area contributed by atoms with Crippen molar-refractivity contribution >= 4 is 29.9 Å². The molecule has 5 nitrogen and oxygen atoms in total. The van der Waals surface area contributed by atoms with Crippen molar-refractivity contribution < 1.29 is 4.74 Å². The lowest BCUT2D eigenvalue weighted by Crippen LogP contribution is -2.42. The van der Waals surface area contributed by atoms with E-state index in [1.165, 1.54) is 37.1 Å². The first-order chi connectivity index (χ1) is 13.7. The lowest BCUT2D eigenvalue weighted by Gasteiger charge is -2.32. The third-order valence-corrected chi connectivity index (χ3v) is 6.05. The largest absolute Gasteiger partial charge is 0.373 e. The van der Waals surface area contributed by atoms with Crippen LogP contribution in [-0.2, 0) is 4.74 Å². The molecule has 2 saturated heterocycles. The highest BCUT2D eigenvalue weighted by Crippen LogP contribution is 2.33. The second kappa shape index (κ2) is 12.7. The minimum absolute atomic E-state index is 0. The Hall–Kier alpha value is -0.860. The Morgan fingerprint density at radius 1 is 1.17 bits per heavy atom. The second-order valence-corrected chi connectivity index (χ2v) is 8.25. The molecule has 0 aliphatic carbocycles. The van der Waals surface area contributed by atoms with E-state index in [9.17, 15) is 0 Å². The highest BCUT2D eigenvalue weighted by molar-refractivity contribution is 14.0. The molecule has 29 heavy (non-hydrogen) atoms. The number of nitrogens with zero attached hydrogens (tertiary/aromatic N) is 2. The van der Waals surface area contributed by atoms with Gasteiger partial charge in [0, 0.05) is 38.7 Å². The number of aryl methyl sites for hydroxylation is 1. The van der Waals surface area contributed by atoms with E-state index in [4.69, 9.17) is 9.73 Å². The molecule has 3 unspecified atom stereocenters. The maximum absolute atomic E-state index is 6.17. The van der Waals surface area contributed by atoms with E-state index in [-0.39, 0.29) is 30.1 Å². The van der Waals surface area contributed by atoms with Crippen LogP contribution < -0.4 is 10.6 Å². The molecular weight excluding hydrogens is 475 g/mol. The summed E-state index contributed by atoms with van der Waals surface area (Å²) in [6.07, 6.45) is 3.77. The van der Waals surface area contributed by atoms with Crippen molar-refractivity contribution in [3.05, 3.63) is 35.4 Å². The standard InChI is InChI=1S/C23H38N4O.HI/c1-4-24-23(25-15-19-12-13-27(5-2)17-19)26-16-21-7-6-14-28-22(21)20-10-8-18(3)9-11-20;/h8-11,19,21-22H,4-7,12-17H2,1-3H3,(H2,24,25,26);1H. The first kappa shape index (κ1) is 24.4. The molecule has 0 radical (unpaired) electrons. The molecule has 6 heteroatoms. The zero-order chi connectivity index (χ0) is 19.8. The number of nitrogens with one attached hydrogen (secondary N) is 2. The van der Waals surface area contributed by atoms with Crippen LogP contribution in [0.25, 0.3) is 0 Å². The summed E-state index contributed by atoms with van der Waals surface area (Å²) < 4.78 is 6.17. The number of ether oxygens (including phenoxy) is 1. The molecular formula is C23H39IN4O. The smallest absolute Gasteiger partial charge is 0.191 e. The predicted molar refractivity (Wildman–Crippen MR) is 132 cm³/mol. The summed E-state index contributed by atoms with van der Waals surface area (Å²) in [7, 11) is 0. The number of hydrogen-bond acceptors (Lipinski definition) is 3. The molecule has 0 amide bonds. The van der Waals surface area contributed by atoms with Gasteiger partial charge in [-0.15, -0.1) is 24.0 Å². The summed E-state index contributed by atoms with van der Waals surface area (Å²) in [6.45, 7) is 13.6. The fourth-order valence-corrected chi connectivity index (χ4v) is 4.32. The molecule has 2 aliphatic rings. The van der Waals surface area contributed by atoms with Crippen LogP contribution in [0.4, 0.5) is 0 Å². The van der Waals surface area contributed by atoms with Crippen LogP contribution in [0.3, 0.4) is 0 Å². The van der Waals surface area contributed by atoms with E-state index >= 15 is 0 Å². The molecule has 2 N–H and O–H groups in total. The van der Waals surface area contributed by atoms with Crippen LogP contribution in [0.15, 0.2) is 29.3 Å². The number of rotatable bonds is 7. The molecule has 3 rings (SSSR count). The van der Waals surface area contributed by atoms with Crippen molar-refractivity contribution in [1.29, 1.82) is 0 Å². The topological polar surface area (TPSA) is 48.9 Å². The molecule has 3 atom stereocenters. The Kier molecular flexibility index (Phi) is 10.7. The normalized spacial score (nSPS) is 25.5. The molecule has 1 aromatic carbocycles. The first-order valence-electron chi connectivity index (χ1n) is 11.1. The van der Waals surface area contributed by atoms with E-state index in [0.29, 0.717) is 11.8 Å². The van der Waals surface area contributed by atoms with Crippen LogP contribution in [0, 0.1) is 18.8 Å². The molecule has 0 spiro atoms. The zero-order valence-corrected chi connectivity index (χ0v) is 20.7. The first-order valence-corrected chi connectivity index (χ1v) is 11.1. The van der Waals surface area contributed by atoms with Gasteiger partial charge in [0.05, 0.1) is 6.10 Å². The Morgan fingerprint density at radius 2 is 1.97 bits per heavy atom. The van der Waals surface area contributed by atoms with Crippen LogP contribution >= 0.6 is 24.0 Å². The van der Waals surface area contributed by atoms with Gasteiger partial charge in [0.25, 0.3) is 0 Å². The highest BCUT2D eigenvalue weighted by Gasteiger charge is 2.27. The Bertz CT molecular complexity index is 622. The monoisotopic (exact) mass is 514 g/mol. The van der Waals surface area contributed by atoms with Crippen LogP contribution in [0.5, 0.6) is 0 Å². The van der Waals surface area contributed by atoms with Crippen LogP contribution in [0.2, 0.25) is 0 Å². The van der Waals surface area contributed by atoms with E-state index in [1.54, 1.807) is 0 Å². The van der Waals surface area contributed by atoms with Crippen LogP contribution in [-0.4, -0.2) is 56.7 Å². The summed E-state index contributed by atoms with van der Waals surface area (Å²) in [6, 6.07) is 8.81. The Morgan fingerprint density at radius 3 is 2.66 bits per heavy atom. The van der Waals surface area contributed by atoms with Crippen molar-refractivity contribution in [1.82, 2.24) is 15.5 Å². The summed E-state index contributed by atoms with van der Waals surface area (Å²) >= 11 is 0. The SMILES string of the molecule is CCNC(=NCC1CCN(CC)C1)NCC1CCCOC1c1ccc(C)cc1.I. The van der Waals surface area contributed by atoms with Gasteiger partial charge in [0.1, 0.15) is 0 Å². The van der Waals surface area contributed by atoms with Gasteiger partial charge in [-0.1, -0.05) is 36.8 Å². The molecule has 1 aromatic rings. The summed E-state index contributed by atoms with van der Waals surface area (Å²) in [5.41, 5.74) is 2.59. The molecule has 2 aliphatic heterocycles. The number of halogens is 1. The lowest BCUT2D eigenvalue weighted by atomic mass is 9.89. The Labute approximate surface area is 194 Å². The number of guanidine groups is 1. The number of hydrogen-bond donors (Lipinski definition) is 2. The van der Waals surface area contributed by atoms with Crippen molar-refractivity contribution in [3.8, 4) is 0 Å².